The number of benzene rings is 1. The van der Waals surface area contributed by atoms with Gasteiger partial charge in [0.05, 0.1) is 17.7 Å². The van der Waals surface area contributed by atoms with Crippen molar-refractivity contribution in [2.45, 2.75) is 35.9 Å². The van der Waals surface area contributed by atoms with Gasteiger partial charge in [-0.1, -0.05) is 0 Å². The Labute approximate surface area is 119 Å². The monoisotopic (exact) mass is 285 g/mol. The first-order valence-electron chi connectivity index (χ1n) is 6.20. The van der Waals surface area contributed by atoms with Crippen LogP contribution in [0.4, 0.5) is 0 Å². The van der Waals surface area contributed by atoms with Crippen molar-refractivity contribution in [1.82, 2.24) is 20.2 Å². The number of ketones is 1. The number of Topliss-reactive ketones (excluding diaryl/α,β-unsaturated/α-hetero) is 1. The van der Waals surface area contributed by atoms with Crippen LogP contribution in [0.25, 0.3) is 0 Å². The van der Waals surface area contributed by atoms with Crippen LogP contribution in [-0.4, -0.2) is 26.0 Å². The Kier molecular flexibility index (Phi) is 3.24. The van der Waals surface area contributed by atoms with Crippen LogP contribution in [0.1, 0.15) is 41.7 Å². The van der Waals surface area contributed by atoms with E-state index in [1.165, 1.54) is 18.7 Å². The molecule has 1 aromatic carbocycles. The molecule has 0 saturated heterocycles. The fourth-order valence-electron chi connectivity index (χ4n) is 1.87. The molecule has 0 bridgehead atoms. The van der Waals surface area contributed by atoms with Gasteiger partial charge in [-0.05, 0) is 60.2 Å². The number of nitriles is 1. The third-order valence-electron chi connectivity index (χ3n) is 3.05. The molecule has 0 aliphatic heterocycles. The molecule has 3 rings (SSSR count). The number of tetrazole rings is 1. The fourth-order valence-corrected chi connectivity index (χ4v) is 2.93. The van der Waals surface area contributed by atoms with Gasteiger partial charge in [-0.15, -0.1) is 5.10 Å². The predicted molar refractivity (Wildman–Crippen MR) is 71.4 cm³/mol. The van der Waals surface area contributed by atoms with Gasteiger partial charge >= 0.3 is 0 Å². The summed E-state index contributed by atoms with van der Waals surface area (Å²) < 4.78 is 1.79. The maximum Gasteiger partial charge on any atom is 0.214 e. The molecule has 100 valence electrons. The molecule has 2 aromatic rings. The zero-order valence-electron chi connectivity index (χ0n) is 10.8. The summed E-state index contributed by atoms with van der Waals surface area (Å²) in [4.78, 5) is 12.4. The summed E-state index contributed by atoms with van der Waals surface area (Å²) in [7, 11) is 0. The Morgan fingerprint density at radius 1 is 1.50 bits per heavy atom. The lowest BCUT2D eigenvalue weighted by Gasteiger charge is -2.06. The maximum absolute atomic E-state index is 11.7. The minimum Gasteiger partial charge on any atom is -0.294 e. The van der Waals surface area contributed by atoms with Crippen molar-refractivity contribution in [2.24, 2.45) is 0 Å². The molecule has 0 atom stereocenters. The van der Waals surface area contributed by atoms with Crippen molar-refractivity contribution in [3.8, 4) is 6.07 Å². The second kappa shape index (κ2) is 5.06. The first-order valence-corrected chi connectivity index (χ1v) is 7.01. The van der Waals surface area contributed by atoms with Crippen LogP contribution in [0.3, 0.4) is 0 Å². The van der Waals surface area contributed by atoms with Crippen LogP contribution in [0.5, 0.6) is 0 Å². The molecule has 1 aromatic heterocycles. The van der Waals surface area contributed by atoms with Crippen LogP contribution < -0.4 is 0 Å². The highest BCUT2D eigenvalue weighted by Crippen LogP contribution is 2.38. The van der Waals surface area contributed by atoms with Crippen LogP contribution in [0.15, 0.2) is 28.3 Å². The zero-order chi connectivity index (χ0) is 14.1. The number of nitrogens with zero attached hydrogens (tertiary/aromatic N) is 5. The van der Waals surface area contributed by atoms with Crippen molar-refractivity contribution in [3.63, 3.8) is 0 Å². The van der Waals surface area contributed by atoms with Crippen molar-refractivity contribution >= 4 is 17.5 Å². The van der Waals surface area contributed by atoms with Gasteiger partial charge in [-0.25, -0.2) is 4.68 Å². The minimum absolute atomic E-state index is 0.0394. The van der Waals surface area contributed by atoms with E-state index < -0.39 is 0 Å². The molecule has 1 aliphatic rings. The molecule has 20 heavy (non-hydrogen) atoms. The van der Waals surface area contributed by atoms with Crippen LogP contribution >= 0.6 is 11.8 Å². The summed E-state index contributed by atoms with van der Waals surface area (Å²) in [5.74, 6) is -0.0394. The van der Waals surface area contributed by atoms with Crippen molar-refractivity contribution in [3.05, 3.63) is 29.3 Å². The number of carbonyl (C=O) groups is 1. The SMILES string of the molecule is CC(=O)c1ccc(C#N)cc1Sc1nnnn1C1CC1. The summed E-state index contributed by atoms with van der Waals surface area (Å²) in [5, 5.41) is 21.3. The van der Waals surface area contributed by atoms with E-state index in [0.29, 0.717) is 27.2 Å². The Bertz CT molecular complexity index is 714. The molecule has 0 spiro atoms. The lowest BCUT2D eigenvalue weighted by molar-refractivity contribution is 0.101. The summed E-state index contributed by atoms with van der Waals surface area (Å²) in [5.41, 5.74) is 1.10. The quantitative estimate of drug-likeness (QED) is 0.801. The summed E-state index contributed by atoms with van der Waals surface area (Å²) >= 11 is 1.33. The largest absolute Gasteiger partial charge is 0.294 e. The van der Waals surface area contributed by atoms with Gasteiger partial charge in [0.25, 0.3) is 0 Å². The molecule has 0 N–H and O–H groups in total. The number of hydrogen-bond acceptors (Lipinski definition) is 6. The van der Waals surface area contributed by atoms with Gasteiger partial charge in [0.1, 0.15) is 0 Å². The van der Waals surface area contributed by atoms with Gasteiger partial charge in [-0.2, -0.15) is 5.26 Å². The number of aromatic nitrogens is 4. The highest BCUT2D eigenvalue weighted by atomic mass is 32.2. The molecule has 0 amide bonds. The number of rotatable bonds is 4. The Hall–Kier alpha value is -2.20. The molecule has 7 heteroatoms. The van der Waals surface area contributed by atoms with E-state index in [2.05, 4.69) is 21.6 Å². The molecular formula is C13H11N5OS. The first-order chi connectivity index (χ1) is 9.69. The predicted octanol–water partition coefficient (Wildman–Crippen LogP) is 2.23. The molecule has 1 fully saturated rings. The van der Waals surface area contributed by atoms with E-state index in [-0.39, 0.29) is 5.78 Å². The van der Waals surface area contributed by atoms with Crippen molar-refractivity contribution in [2.75, 3.05) is 0 Å². The lowest BCUT2D eigenvalue weighted by atomic mass is 10.1. The molecular weight excluding hydrogens is 274 g/mol. The molecule has 6 nitrogen and oxygen atoms in total. The van der Waals surface area contributed by atoms with Gasteiger partial charge in [0, 0.05) is 10.5 Å². The van der Waals surface area contributed by atoms with E-state index in [1.807, 2.05) is 0 Å². The van der Waals surface area contributed by atoms with E-state index in [4.69, 9.17) is 5.26 Å². The zero-order valence-corrected chi connectivity index (χ0v) is 11.6. The molecule has 1 aliphatic carbocycles. The summed E-state index contributed by atoms with van der Waals surface area (Å²) in [6.07, 6.45) is 2.16. The number of hydrogen-bond donors (Lipinski definition) is 0. The standard InChI is InChI=1S/C13H11N5OS/c1-8(19)11-5-2-9(7-14)6-12(11)20-13-15-16-17-18(13)10-3-4-10/h2,5-6,10H,3-4H2,1H3. The van der Waals surface area contributed by atoms with Crippen molar-refractivity contribution in [1.29, 1.82) is 5.26 Å². The molecule has 0 unspecified atom stereocenters. The highest BCUT2D eigenvalue weighted by molar-refractivity contribution is 7.99. The third kappa shape index (κ3) is 2.42. The molecule has 1 heterocycles. The normalized spacial score (nSPS) is 14.0. The average molecular weight is 285 g/mol. The van der Waals surface area contributed by atoms with Crippen LogP contribution in [0.2, 0.25) is 0 Å². The van der Waals surface area contributed by atoms with E-state index in [1.54, 1.807) is 22.9 Å². The highest BCUT2D eigenvalue weighted by Gasteiger charge is 2.28. The summed E-state index contributed by atoms with van der Waals surface area (Å²) in [6, 6.07) is 7.47. The van der Waals surface area contributed by atoms with E-state index in [0.717, 1.165) is 12.8 Å². The van der Waals surface area contributed by atoms with Crippen LogP contribution in [0, 0.1) is 11.3 Å². The van der Waals surface area contributed by atoms with Crippen molar-refractivity contribution < 1.29 is 4.79 Å². The smallest absolute Gasteiger partial charge is 0.214 e. The number of carbonyl (C=O) groups excluding carboxylic acids is 1. The van der Waals surface area contributed by atoms with E-state index >= 15 is 0 Å². The minimum atomic E-state index is -0.0394. The second-order valence-electron chi connectivity index (χ2n) is 4.62. The van der Waals surface area contributed by atoms with Crippen LogP contribution in [-0.2, 0) is 0 Å². The van der Waals surface area contributed by atoms with Gasteiger partial charge < -0.3 is 0 Å². The molecule has 1 saturated carbocycles. The Morgan fingerprint density at radius 3 is 2.95 bits per heavy atom. The summed E-state index contributed by atoms with van der Waals surface area (Å²) in [6.45, 7) is 1.51. The topological polar surface area (TPSA) is 84.5 Å². The van der Waals surface area contributed by atoms with Gasteiger partial charge in [0.2, 0.25) is 5.16 Å². The molecule has 0 radical (unpaired) electrons. The Morgan fingerprint density at radius 2 is 2.30 bits per heavy atom. The van der Waals surface area contributed by atoms with E-state index in [9.17, 15) is 4.79 Å². The van der Waals surface area contributed by atoms with Gasteiger partial charge in [0.15, 0.2) is 5.78 Å². The van der Waals surface area contributed by atoms with Gasteiger partial charge in [-0.3, -0.25) is 4.79 Å². The first kappa shape index (κ1) is 12.8. The Balaban J connectivity index is 1.98. The third-order valence-corrected chi connectivity index (χ3v) is 4.06. The second-order valence-corrected chi connectivity index (χ2v) is 5.63. The maximum atomic E-state index is 11.7. The average Bonchev–Trinajstić information content (AvgIpc) is 3.19. The fraction of sp³-hybridized carbons (Fsp3) is 0.308. The lowest BCUT2D eigenvalue weighted by Crippen LogP contribution is -2.00.